The van der Waals surface area contributed by atoms with E-state index in [4.69, 9.17) is 4.98 Å². The van der Waals surface area contributed by atoms with Gasteiger partial charge in [-0.1, -0.05) is 11.3 Å². The van der Waals surface area contributed by atoms with Crippen LogP contribution in [0.15, 0.2) is 6.07 Å². The van der Waals surface area contributed by atoms with E-state index in [1.54, 1.807) is 7.05 Å². The van der Waals surface area contributed by atoms with Crippen LogP contribution in [0.2, 0.25) is 0 Å². The lowest BCUT2D eigenvalue weighted by Gasteiger charge is -2.55. The van der Waals surface area contributed by atoms with Crippen LogP contribution in [0.3, 0.4) is 0 Å². The van der Waals surface area contributed by atoms with E-state index in [0.29, 0.717) is 41.8 Å². The third-order valence-corrected chi connectivity index (χ3v) is 8.76. The second kappa shape index (κ2) is 7.49. The molecule has 3 amide bonds. The molecule has 1 atom stereocenters. The molecule has 3 fully saturated rings. The quantitative estimate of drug-likeness (QED) is 0.681. The zero-order valence-electron chi connectivity index (χ0n) is 19.6. The molecule has 1 spiro atoms. The normalized spacial score (nSPS) is 21.3. The number of carbonyl (C=O) groups excluding carboxylic acids is 3. The molecule has 9 nitrogen and oxygen atoms in total. The van der Waals surface area contributed by atoms with Crippen LogP contribution in [-0.4, -0.2) is 58.8 Å². The van der Waals surface area contributed by atoms with Crippen molar-refractivity contribution in [3.63, 3.8) is 0 Å². The van der Waals surface area contributed by atoms with Crippen LogP contribution in [0, 0.1) is 18.3 Å². The molecular formula is C24H28N6O3S. The SMILES string of the molecule is CNC(=O)Nc1nc(C)c(-c2cc3c(c(N4CC5(CC(=O)C5)C4)n2)C(=O)N([C@@H](C)C2CC2)C3)s1. The molecular weight excluding hydrogens is 452 g/mol. The number of anilines is 2. The van der Waals surface area contributed by atoms with E-state index in [2.05, 4.69) is 27.4 Å². The third kappa shape index (κ3) is 3.38. The van der Waals surface area contributed by atoms with Crippen molar-refractivity contribution in [3.05, 3.63) is 22.9 Å². The highest BCUT2D eigenvalue weighted by Crippen LogP contribution is 2.49. The molecule has 0 radical (unpaired) electrons. The Balaban J connectivity index is 1.37. The predicted molar refractivity (Wildman–Crippen MR) is 129 cm³/mol. The van der Waals surface area contributed by atoms with Gasteiger partial charge in [-0.15, -0.1) is 0 Å². The number of hydrogen-bond acceptors (Lipinski definition) is 7. The van der Waals surface area contributed by atoms with Crippen LogP contribution in [0.25, 0.3) is 10.6 Å². The van der Waals surface area contributed by atoms with Crippen molar-refractivity contribution < 1.29 is 14.4 Å². The Hall–Kier alpha value is -3.01. The molecule has 2 aliphatic carbocycles. The average Bonchev–Trinajstić information content (AvgIpc) is 3.47. The smallest absolute Gasteiger partial charge is 0.320 e. The minimum Gasteiger partial charge on any atom is -0.355 e. The van der Waals surface area contributed by atoms with Gasteiger partial charge in [0, 0.05) is 51.0 Å². The molecule has 6 rings (SSSR count). The minimum atomic E-state index is -0.320. The van der Waals surface area contributed by atoms with Gasteiger partial charge in [0.2, 0.25) is 0 Å². The predicted octanol–water partition coefficient (Wildman–Crippen LogP) is 3.19. The van der Waals surface area contributed by atoms with Crippen molar-refractivity contribution in [2.45, 2.75) is 52.1 Å². The lowest BCUT2D eigenvalue weighted by Crippen LogP contribution is -2.63. The molecule has 4 aliphatic rings. The van der Waals surface area contributed by atoms with Crippen molar-refractivity contribution >= 4 is 40.0 Å². The highest BCUT2D eigenvalue weighted by Gasteiger charge is 2.53. The van der Waals surface area contributed by atoms with E-state index in [9.17, 15) is 14.4 Å². The fourth-order valence-corrected chi connectivity index (χ4v) is 6.54. The molecule has 34 heavy (non-hydrogen) atoms. The summed E-state index contributed by atoms with van der Waals surface area (Å²) in [5, 5.41) is 5.78. The Bertz CT molecular complexity index is 1220. The molecule has 2 saturated carbocycles. The molecule has 0 bridgehead atoms. The monoisotopic (exact) mass is 480 g/mol. The highest BCUT2D eigenvalue weighted by molar-refractivity contribution is 7.19. The number of ketones is 1. The van der Waals surface area contributed by atoms with Crippen LogP contribution in [0.4, 0.5) is 15.7 Å². The van der Waals surface area contributed by atoms with Crippen molar-refractivity contribution in [2.24, 2.45) is 11.3 Å². The van der Waals surface area contributed by atoms with Gasteiger partial charge < -0.3 is 15.1 Å². The van der Waals surface area contributed by atoms with Gasteiger partial charge in [-0.3, -0.25) is 14.9 Å². The van der Waals surface area contributed by atoms with Crippen LogP contribution in [-0.2, 0) is 11.3 Å². The van der Waals surface area contributed by atoms with Crippen molar-refractivity contribution in [1.82, 2.24) is 20.2 Å². The Labute approximate surface area is 201 Å². The molecule has 10 heteroatoms. The molecule has 178 valence electrons. The number of Topliss-reactive ketones (excluding diaryl/α,β-unsaturated/α-hetero) is 1. The molecule has 0 aromatic carbocycles. The number of thiazole rings is 1. The van der Waals surface area contributed by atoms with E-state index in [1.165, 1.54) is 24.2 Å². The first-order chi connectivity index (χ1) is 16.3. The maximum Gasteiger partial charge on any atom is 0.320 e. The summed E-state index contributed by atoms with van der Waals surface area (Å²) in [5.41, 5.74) is 3.33. The van der Waals surface area contributed by atoms with Crippen LogP contribution >= 0.6 is 11.3 Å². The van der Waals surface area contributed by atoms with Crippen LogP contribution in [0.5, 0.6) is 0 Å². The zero-order valence-corrected chi connectivity index (χ0v) is 20.4. The fourth-order valence-electron chi connectivity index (χ4n) is 5.62. The van der Waals surface area contributed by atoms with Gasteiger partial charge in [0.25, 0.3) is 5.91 Å². The van der Waals surface area contributed by atoms with Gasteiger partial charge in [-0.05, 0) is 44.2 Å². The van der Waals surface area contributed by atoms with E-state index in [0.717, 1.165) is 40.7 Å². The number of carbonyl (C=O) groups is 3. The van der Waals surface area contributed by atoms with Gasteiger partial charge in [-0.2, -0.15) is 0 Å². The number of aryl methyl sites for hydroxylation is 1. The number of amides is 3. The lowest BCUT2D eigenvalue weighted by atomic mass is 9.63. The largest absolute Gasteiger partial charge is 0.355 e. The molecule has 2 aromatic rings. The Morgan fingerprint density at radius 1 is 1.24 bits per heavy atom. The zero-order chi connectivity index (χ0) is 23.8. The van der Waals surface area contributed by atoms with Crippen molar-refractivity contribution in [1.29, 1.82) is 0 Å². The molecule has 4 heterocycles. The van der Waals surface area contributed by atoms with Crippen LogP contribution < -0.4 is 15.5 Å². The number of rotatable bonds is 5. The molecule has 2 aromatic heterocycles. The molecule has 1 saturated heterocycles. The summed E-state index contributed by atoms with van der Waals surface area (Å²) in [7, 11) is 1.56. The lowest BCUT2D eigenvalue weighted by molar-refractivity contribution is -0.134. The fraction of sp³-hybridized carbons (Fsp3) is 0.542. The van der Waals surface area contributed by atoms with Gasteiger partial charge in [0.15, 0.2) is 5.13 Å². The van der Waals surface area contributed by atoms with Crippen LogP contribution in [0.1, 0.15) is 54.2 Å². The maximum atomic E-state index is 13.5. The molecule has 0 unspecified atom stereocenters. The highest BCUT2D eigenvalue weighted by atomic mass is 32.1. The van der Waals surface area contributed by atoms with Gasteiger partial charge >= 0.3 is 6.03 Å². The first kappa shape index (κ1) is 21.5. The summed E-state index contributed by atoms with van der Waals surface area (Å²) >= 11 is 1.38. The summed E-state index contributed by atoms with van der Waals surface area (Å²) in [6.07, 6.45) is 3.63. The second-order valence-corrected chi connectivity index (χ2v) is 11.3. The maximum absolute atomic E-state index is 13.5. The van der Waals surface area contributed by atoms with E-state index in [-0.39, 0.29) is 23.4 Å². The Kier molecular flexibility index (Phi) is 4.74. The van der Waals surface area contributed by atoms with Gasteiger partial charge in [0.05, 0.1) is 21.8 Å². The number of fused-ring (bicyclic) bond motifs is 1. The van der Waals surface area contributed by atoms with E-state index >= 15 is 0 Å². The summed E-state index contributed by atoms with van der Waals surface area (Å²) in [4.78, 5) is 51.5. The summed E-state index contributed by atoms with van der Waals surface area (Å²) < 4.78 is 0. The topological polar surface area (TPSA) is 108 Å². The number of hydrogen-bond donors (Lipinski definition) is 2. The number of nitrogens with one attached hydrogen (secondary N) is 2. The first-order valence-electron chi connectivity index (χ1n) is 11.8. The van der Waals surface area contributed by atoms with E-state index in [1.807, 2.05) is 17.9 Å². The third-order valence-electron chi connectivity index (χ3n) is 7.67. The number of pyridine rings is 1. The Morgan fingerprint density at radius 3 is 2.62 bits per heavy atom. The summed E-state index contributed by atoms with van der Waals surface area (Å²) in [5.74, 6) is 1.70. The standard InChI is InChI=1S/C24H28N6O3S/c1-12-19(34-23(26-12)28-22(33)25-3)17-6-15-9-30(13(2)14-4-5-14)21(32)18(15)20(27-17)29-10-24(11-29)7-16(31)8-24/h6,13-14H,4-5,7-11H2,1-3H3,(H2,25,26,28,33)/t13-/m0/s1. The van der Waals surface area contributed by atoms with Crippen molar-refractivity contribution in [2.75, 3.05) is 30.4 Å². The summed E-state index contributed by atoms with van der Waals surface area (Å²) in [6.45, 7) is 6.17. The number of urea groups is 1. The molecule has 2 aliphatic heterocycles. The van der Waals surface area contributed by atoms with Gasteiger partial charge in [-0.25, -0.2) is 14.8 Å². The number of aromatic nitrogens is 2. The first-order valence-corrected chi connectivity index (χ1v) is 12.7. The van der Waals surface area contributed by atoms with E-state index < -0.39 is 0 Å². The number of nitrogens with zero attached hydrogens (tertiary/aromatic N) is 4. The molecule has 2 N–H and O–H groups in total. The van der Waals surface area contributed by atoms with Crippen molar-refractivity contribution in [3.8, 4) is 10.6 Å². The Morgan fingerprint density at radius 2 is 1.97 bits per heavy atom. The average molecular weight is 481 g/mol. The second-order valence-electron chi connectivity index (χ2n) is 10.3. The summed E-state index contributed by atoms with van der Waals surface area (Å²) in [6, 6.07) is 1.92. The van der Waals surface area contributed by atoms with Gasteiger partial charge in [0.1, 0.15) is 11.6 Å². The minimum absolute atomic E-state index is 0.0648.